The van der Waals surface area contributed by atoms with E-state index in [2.05, 4.69) is 16.0 Å². The number of nitrogens with one attached hydrogen (secondary N) is 3. The van der Waals surface area contributed by atoms with Crippen LogP contribution in [0.3, 0.4) is 0 Å². The van der Waals surface area contributed by atoms with Crippen LogP contribution in [0, 0.1) is 6.92 Å². The molecule has 0 saturated heterocycles. The first-order valence-electron chi connectivity index (χ1n) is 5.96. The molecule has 18 heavy (non-hydrogen) atoms. The van der Waals surface area contributed by atoms with Crippen LogP contribution < -0.4 is 16.0 Å². The second-order valence-corrected chi connectivity index (χ2v) is 3.92. The van der Waals surface area contributed by atoms with Gasteiger partial charge in [0.25, 0.3) is 0 Å². The molecule has 5 nitrogen and oxygen atoms in total. The number of aryl methyl sites for hydroxylation is 1. The van der Waals surface area contributed by atoms with Gasteiger partial charge in [0.15, 0.2) is 0 Å². The molecular weight excluding hydrogens is 230 g/mol. The zero-order valence-electron chi connectivity index (χ0n) is 10.7. The van der Waals surface area contributed by atoms with Crippen LogP contribution in [0.4, 0.5) is 5.69 Å². The largest absolute Gasteiger partial charge is 0.355 e. The highest BCUT2D eigenvalue weighted by molar-refractivity contribution is 5.93. The maximum atomic E-state index is 11.6. The van der Waals surface area contributed by atoms with Gasteiger partial charge in [0.05, 0.1) is 13.1 Å². The lowest BCUT2D eigenvalue weighted by Gasteiger charge is -2.08. The summed E-state index contributed by atoms with van der Waals surface area (Å²) in [4.78, 5) is 22.7. The summed E-state index contributed by atoms with van der Waals surface area (Å²) in [6, 6.07) is 7.55. The number of anilines is 1. The predicted octanol–water partition coefficient (Wildman–Crippen LogP) is 0.659. The third kappa shape index (κ3) is 4.97. The summed E-state index contributed by atoms with van der Waals surface area (Å²) in [6.07, 6.45) is 0. The average molecular weight is 249 g/mol. The van der Waals surface area contributed by atoms with Gasteiger partial charge >= 0.3 is 0 Å². The molecule has 0 fully saturated rings. The van der Waals surface area contributed by atoms with E-state index in [1.54, 1.807) is 0 Å². The molecule has 1 aromatic rings. The highest BCUT2D eigenvalue weighted by atomic mass is 16.2. The standard InChI is InChI=1S/C13H19N3O2/c1-3-15-12(17)8-14-9-13(18)16-11-7-5-4-6-10(11)2/h4-7,14H,3,8-9H2,1-2H3,(H,15,17)(H,16,18). The Balaban J connectivity index is 2.30. The Hall–Kier alpha value is -1.88. The Morgan fingerprint density at radius 1 is 1.11 bits per heavy atom. The fourth-order valence-electron chi connectivity index (χ4n) is 1.46. The SMILES string of the molecule is CCNC(=O)CNCC(=O)Nc1ccccc1C. The fourth-order valence-corrected chi connectivity index (χ4v) is 1.46. The summed E-state index contributed by atoms with van der Waals surface area (Å²) >= 11 is 0. The normalized spacial score (nSPS) is 9.89. The predicted molar refractivity (Wildman–Crippen MR) is 71.4 cm³/mol. The molecule has 1 aromatic carbocycles. The number of hydrogen-bond acceptors (Lipinski definition) is 3. The number of para-hydroxylation sites is 1. The molecule has 5 heteroatoms. The zero-order valence-corrected chi connectivity index (χ0v) is 10.7. The van der Waals surface area contributed by atoms with Crippen LogP contribution in [-0.2, 0) is 9.59 Å². The maximum Gasteiger partial charge on any atom is 0.238 e. The molecule has 98 valence electrons. The zero-order chi connectivity index (χ0) is 13.4. The Labute approximate surface area is 107 Å². The minimum Gasteiger partial charge on any atom is -0.355 e. The van der Waals surface area contributed by atoms with Crippen molar-refractivity contribution < 1.29 is 9.59 Å². The van der Waals surface area contributed by atoms with Crippen LogP contribution in [0.15, 0.2) is 24.3 Å². The third-order valence-electron chi connectivity index (χ3n) is 2.36. The van der Waals surface area contributed by atoms with Gasteiger partial charge in [-0.1, -0.05) is 18.2 Å². The molecule has 0 saturated carbocycles. The van der Waals surface area contributed by atoms with E-state index in [-0.39, 0.29) is 24.9 Å². The van der Waals surface area contributed by atoms with E-state index in [4.69, 9.17) is 0 Å². The second-order valence-electron chi connectivity index (χ2n) is 3.92. The molecule has 1 rings (SSSR count). The number of likely N-dealkylation sites (N-methyl/N-ethyl adjacent to an activating group) is 1. The molecule has 0 radical (unpaired) electrons. The molecule has 0 unspecified atom stereocenters. The first-order chi connectivity index (χ1) is 8.63. The van der Waals surface area contributed by atoms with Gasteiger partial charge in [-0.2, -0.15) is 0 Å². The molecular formula is C13H19N3O2. The summed E-state index contributed by atoms with van der Waals surface area (Å²) in [7, 11) is 0. The molecule has 0 aliphatic carbocycles. The summed E-state index contributed by atoms with van der Waals surface area (Å²) in [5.41, 5.74) is 1.80. The lowest BCUT2D eigenvalue weighted by molar-refractivity contribution is -0.120. The minimum absolute atomic E-state index is 0.110. The van der Waals surface area contributed by atoms with Crippen molar-refractivity contribution in [3.8, 4) is 0 Å². The molecule has 3 N–H and O–H groups in total. The van der Waals surface area contributed by atoms with Gasteiger partial charge < -0.3 is 10.6 Å². The van der Waals surface area contributed by atoms with Crippen LogP contribution in [0.1, 0.15) is 12.5 Å². The van der Waals surface area contributed by atoms with Crippen LogP contribution in [-0.4, -0.2) is 31.4 Å². The Morgan fingerprint density at radius 2 is 1.78 bits per heavy atom. The van der Waals surface area contributed by atoms with E-state index in [1.807, 2.05) is 38.1 Å². The molecule has 0 aliphatic rings. The Morgan fingerprint density at radius 3 is 2.44 bits per heavy atom. The lowest BCUT2D eigenvalue weighted by Crippen LogP contribution is -2.37. The second kappa shape index (κ2) is 7.45. The number of carbonyl (C=O) groups is 2. The third-order valence-corrected chi connectivity index (χ3v) is 2.36. The van der Waals surface area contributed by atoms with Crippen molar-refractivity contribution in [3.05, 3.63) is 29.8 Å². The smallest absolute Gasteiger partial charge is 0.238 e. The average Bonchev–Trinajstić information content (AvgIpc) is 2.32. The van der Waals surface area contributed by atoms with Gasteiger partial charge in [-0.15, -0.1) is 0 Å². The maximum absolute atomic E-state index is 11.6. The van der Waals surface area contributed by atoms with Crippen molar-refractivity contribution in [1.82, 2.24) is 10.6 Å². The van der Waals surface area contributed by atoms with Crippen molar-refractivity contribution in [3.63, 3.8) is 0 Å². The fraction of sp³-hybridized carbons (Fsp3) is 0.385. The molecule has 0 atom stereocenters. The number of hydrogen-bond donors (Lipinski definition) is 3. The molecule has 0 aliphatic heterocycles. The van der Waals surface area contributed by atoms with E-state index in [1.165, 1.54) is 0 Å². The van der Waals surface area contributed by atoms with Crippen molar-refractivity contribution in [2.45, 2.75) is 13.8 Å². The monoisotopic (exact) mass is 249 g/mol. The molecule has 0 spiro atoms. The van der Waals surface area contributed by atoms with E-state index in [9.17, 15) is 9.59 Å². The van der Waals surface area contributed by atoms with Crippen LogP contribution in [0.2, 0.25) is 0 Å². The topological polar surface area (TPSA) is 70.2 Å². The van der Waals surface area contributed by atoms with Gasteiger partial charge in [-0.25, -0.2) is 0 Å². The Bertz CT molecular complexity index is 418. The van der Waals surface area contributed by atoms with Gasteiger partial charge in [-0.05, 0) is 25.5 Å². The molecule has 2 amide bonds. The minimum atomic E-state index is -0.159. The first-order valence-corrected chi connectivity index (χ1v) is 5.96. The lowest BCUT2D eigenvalue weighted by atomic mass is 10.2. The van der Waals surface area contributed by atoms with Crippen molar-refractivity contribution in [1.29, 1.82) is 0 Å². The van der Waals surface area contributed by atoms with Gasteiger partial charge in [0.1, 0.15) is 0 Å². The van der Waals surface area contributed by atoms with E-state index >= 15 is 0 Å². The number of benzene rings is 1. The van der Waals surface area contributed by atoms with E-state index < -0.39 is 0 Å². The summed E-state index contributed by atoms with van der Waals surface area (Å²) in [6.45, 7) is 4.64. The van der Waals surface area contributed by atoms with Crippen LogP contribution in [0.25, 0.3) is 0 Å². The summed E-state index contributed by atoms with van der Waals surface area (Å²) in [5.74, 6) is -0.269. The van der Waals surface area contributed by atoms with Gasteiger partial charge in [0.2, 0.25) is 11.8 Å². The van der Waals surface area contributed by atoms with Crippen LogP contribution in [0.5, 0.6) is 0 Å². The summed E-state index contributed by atoms with van der Waals surface area (Å²) in [5, 5.41) is 8.21. The van der Waals surface area contributed by atoms with E-state index in [0.717, 1.165) is 11.3 Å². The number of carbonyl (C=O) groups excluding carboxylic acids is 2. The summed E-state index contributed by atoms with van der Waals surface area (Å²) < 4.78 is 0. The van der Waals surface area contributed by atoms with Crippen molar-refractivity contribution in [2.75, 3.05) is 25.0 Å². The first kappa shape index (κ1) is 14.2. The number of amides is 2. The molecule has 0 heterocycles. The van der Waals surface area contributed by atoms with Gasteiger partial charge in [0, 0.05) is 12.2 Å². The quantitative estimate of drug-likeness (QED) is 0.693. The molecule has 0 aromatic heterocycles. The van der Waals surface area contributed by atoms with E-state index in [0.29, 0.717) is 6.54 Å². The van der Waals surface area contributed by atoms with Crippen LogP contribution >= 0.6 is 0 Å². The Kier molecular flexibility index (Phi) is 5.87. The van der Waals surface area contributed by atoms with Crippen molar-refractivity contribution >= 4 is 17.5 Å². The number of rotatable bonds is 6. The highest BCUT2D eigenvalue weighted by Crippen LogP contribution is 2.12. The molecule has 0 bridgehead atoms. The highest BCUT2D eigenvalue weighted by Gasteiger charge is 2.05. The van der Waals surface area contributed by atoms with Crippen molar-refractivity contribution in [2.24, 2.45) is 0 Å². The van der Waals surface area contributed by atoms with Gasteiger partial charge in [-0.3, -0.25) is 14.9 Å².